The van der Waals surface area contributed by atoms with Crippen LogP contribution in [0.1, 0.15) is 18.1 Å². The van der Waals surface area contributed by atoms with E-state index in [9.17, 15) is 0 Å². The molecule has 0 bridgehead atoms. The predicted molar refractivity (Wildman–Crippen MR) is 56.0 cm³/mol. The van der Waals surface area contributed by atoms with Crippen molar-refractivity contribution in [3.8, 4) is 0 Å². The quantitative estimate of drug-likeness (QED) is 0.705. The number of nitrogens with two attached hydrogens (primary N) is 1. The minimum absolute atomic E-state index is 0.112. The highest BCUT2D eigenvalue weighted by Crippen LogP contribution is 2.25. The topological polar surface area (TPSA) is 66.5 Å². The van der Waals surface area contributed by atoms with Gasteiger partial charge in [-0.2, -0.15) is 0 Å². The molecule has 4 N–H and O–H groups in total. The third kappa shape index (κ3) is 2.25. The molecule has 0 spiro atoms. The van der Waals surface area contributed by atoms with E-state index in [2.05, 4.69) is 0 Å². The Kier molecular flexibility index (Phi) is 3.50. The molecule has 0 fully saturated rings. The van der Waals surface area contributed by atoms with Crippen LogP contribution in [0.4, 0.5) is 0 Å². The Balaban J connectivity index is 3.23. The van der Waals surface area contributed by atoms with E-state index in [-0.39, 0.29) is 13.2 Å². The minimum atomic E-state index is -0.872. The van der Waals surface area contributed by atoms with Crippen LogP contribution in [0.15, 0.2) is 18.2 Å². The zero-order valence-corrected chi connectivity index (χ0v) is 8.75. The van der Waals surface area contributed by atoms with E-state index in [1.165, 1.54) is 0 Å². The molecule has 3 nitrogen and oxygen atoms in total. The van der Waals surface area contributed by atoms with Crippen LogP contribution in [0.5, 0.6) is 0 Å². The van der Waals surface area contributed by atoms with E-state index >= 15 is 0 Å². The number of hydrogen-bond acceptors (Lipinski definition) is 3. The van der Waals surface area contributed by atoms with Gasteiger partial charge in [0.15, 0.2) is 0 Å². The first-order valence-electron chi connectivity index (χ1n) is 4.31. The van der Waals surface area contributed by atoms with Gasteiger partial charge in [-0.3, -0.25) is 0 Å². The smallest absolute Gasteiger partial charge is 0.0685 e. The summed E-state index contributed by atoms with van der Waals surface area (Å²) >= 11 is 5.82. The minimum Gasteiger partial charge on any atom is -0.394 e. The molecule has 1 aromatic rings. The molecule has 0 aliphatic heterocycles. The molecule has 0 aliphatic carbocycles. The van der Waals surface area contributed by atoms with Crippen molar-refractivity contribution in [3.63, 3.8) is 0 Å². The van der Waals surface area contributed by atoms with Crippen molar-refractivity contribution in [3.05, 3.63) is 34.3 Å². The van der Waals surface area contributed by atoms with E-state index in [0.29, 0.717) is 16.1 Å². The Bertz CT molecular complexity index is 326. The standard InChI is InChI=1S/C10H14ClNO2/c1-10(12,6-14)9-4-8(11)3-2-7(9)5-13/h2-4,13-14H,5-6,12H2,1H3/t10-/m0/s1. The highest BCUT2D eigenvalue weighted by Gasteiger charge is 2.23. The number of aliphatic hydroxyl groups is 2. The Morgan fingerprint density at radius 2 is 2.07 bits per heavy atom. The van der Waals surface area contributed by atoms with Gasteiger partial charge in [0.25, 0.3) is 0 Å². The first-order chi connectivity index (χ1) is 6.51. The summed E-state index contributed by atoms with van der Waals surface area (Å²) in [4.78, 5) is 0. The molecular formula is C10H14ClNO2. The summed E-state index contributed by atoms with van der Waals surface area (Å²) in [6.45, 7) is 1.39. The maximum Gasteiger partial charge on any atom is 0.0685 e. The summed E-state index contributed by atoms with van der Waals surface area (Å²) < 4.78 is 0. The summed E-state index contributed by atoms with van der Waals surface area (Å²) in [5.74, 6) is 0. The molecule has 0 saturated carbocycles. The van der Waals surface area contributed by atoms with Crippen LogP contribution >= 0.6 is 11.6 Å². The first kappa shape index (κ1) is 11.5. The summed E-state index contributed by atoms with van der Waals surface area (Å²) in [6.07, 6.45) is 0. The second-order valence-electron chi connectivity index (χ2n) is 3.54. The molecule has 1 atom stereocenters. The van der Waals surface area contributed by atoms with Crippen molar-refractivity contribution < 1.29 is 10.2 Å². The predicted octanol–water partition coefficient (Wildman–Crippen LogP) is 0.998. The number of hydrogen-bond donors (Lipinski definition) is 3. The molecule has 1 aromatic carbocycles. The van der Waals surface area contributed by atoms with E-state index < -0.39 is 5.54 Å². The van der Waals surface area contributed by atoms with Gasteiger partial charge in [-0.25, -0.2) is 0 Å². The maximum absolute atomic E-state index is 9.11. The SMILES string of the molecule is C[C@](N)(CO)c1cc(Cl)ccc1CO. The van der Waals surface area contributed by atoms with Gasteiger partial charge in [0, 0.05) is 5.02 Å². The van der Waals surface area contributed by atoms with Gasteiger partial charge in [0.1, 0.15) is 0 Å². The Morgan fingerprint density at radius 3 is 2.57 bits per heavy atom. The molecule has 78 valence electrons. The fraction of sp³-hybridized carbons (Fsp3) is 0.400. The lowest BCUT2D eigenvalue weighted by Gasteiger charge is -2.25. The second kappa shape index (κ2) is 4.28. The highest BCUT2D eigenvalue weighted by molar-refractivity contribution is 6.30. The Morgan fingerprint density at radius 1 is 1.43 bits per heavy atom. The molecule has 0 saturated heterocycles. The average molecular weight is 216 g/mol. The molecule has 1 rings (SSSR count). The fourth-order valence-electron chi connectivity index (χ4n) is 1.30. The summed E-state index contributed by atoms with van der Waals surface area (Å²) in [5, 5.41) is 18.7. The number of halogens is 1. The van der Waals surface area contributed by atoms with Crippen molar-refractivity contribution in [1.29, 1.82) is 0 Å². The lowest BCUT2D eigenvalue weighted by atomic mass is 9.90. The van der Waals surface area contributed by atoms with Crippen LogP contribution in [0.2, 0.25) is 5.02 Å². The first-order valence-corrected chi connectivity index (χ1v) is 4.68. The molecule has 4 heteroatoms. The summed E-state index contributed by atoms with van der Waals surface area (Å²) in [5.41, 5.74) is 6.36. The van der Waals surface area contributed by atoms with Crippen LogP contribution in [-0.4, -0.2) is 16.8 Å². The van der Waals surface area contributed by atoms with Crippen LogP contribution < -0.4 is 5.73 Å². The van der Waals surface area contributed by atoms with E-state index in [0.717, 1.165) is 0 Å². The van der Waals surface area contributed by atoms with Crippen molar-refractivity contribution in [2.75, 3.05) is 6.61 Å². The molecule has 0 heterocycles. The van der Waals surface area contributed by atoms with Gasteiger partial charge in [-0.1, -0.05) is 17.7 Å². The third-order valence-electron chi connectivity index (χ3n) is 2.19. The number of rotatable bonds is 3. The van der Waals surface area contributed by atoms with E-state index in [4.69, 9.17) is 27.5 Å². The van der Waals surface area contributed by atoms with Gasteiger partial charge in [-0.15, -0.1) is 0 Å². The van der Waals surface area contributed by atoms with Gasteiger partial charge in [0.05, 0.1) is 18.8 Å². The largest absolute Gasteiger partial charge is 0.394 e. The summed E-state index contributed by atoms with van der Waals surface area (Å²) in [6, 6.07) is 5.06. The molecule has 0 unspecified atom stereocenters. The fourth-order valence-corrected chi connectivity index (χ4v) is 1.48. The zero-order chi connectivity index (χ0) is 10.8. The molecule has 14 heavy (non-hydrogen) atoms. The Labute approximate surface area is 88.1 Å². The van der Waals surface area contributed by atoms with Crippen LogP contribution in [0, 0.1) is 0 Å². The van der Waals surface area contributed by atoms with Crippen LogP contribution in [0.3, 0.4) is 0 Å². The lowest BCUT2D eigenvalue weighted by Crippen LogP contribution is -2.38. The number of aliphatic hydroxyl groups excluding tert-OH is 2. The zero-order valence-electron chi connectivity index (χ0n) is 8.00. The second-order valence-corrected chi connectivity index (χ2v) is 3.97. The maximum atomic E-state index is 9.11. The highest BCUT2D eigenvalue weighted by atomic mass is 35.5. The lowest BCUT2D eigenvalue weighted by molar-refractivity contribution is 0.205. The molecular weight excluding hydrogens is 202 g/mol. The average Bonchev–Trinajstić information content (AvgIpc) is 2.18. The monoisotopic (exact) mass is 215 g/mol. The van der Waals surface area contributed by atoms with Crippen LogP contribution in [-0.2, 0) is 12.1 Å². The molecule has 0 aliphatic rings. The molecule has 0 amide bonds. The molecule has 0 radical (unpaired) electrons. The third-order valence-corrected chi connectivity index (χ3v) is 2.42. The summed E-state index contributed by atoms with van der Waals surface area (Å²) in [7, 11) is 0. The van der Waals surface area contributed by atoms with Gasteiger partial charge < -0.3 is 15.9 Å². The van der Waals surface area contributed by atoms with Gasteiger partial charge in [0.2, 0.25) is 0 Å². The van der Waals surface area contributed by atoms with Gasteiger partial charge in [-0.05, 0) is 30.2 Å². The normalized spacial score (nSPS) is 15.2. The number of benzene rings is 1. The van der Waals surface area contributed by atoms with Crippen LogP contribution in [0.25, 0.3) is 0 Å². The van der Waals surface area contributed by atoms with Gasteiger partial charge >= 0.3 is 0 Å². The molecule has 0 aromatic heterocycles. The van der Waals surface area contributed by atoms with Crippen molar-refractivity contribution in [2.45, 2.75) is 19.1 Å². The van der Waals surface area contributed by atoms with E-state index in [1.807, 2.05) is 0 Å². The van der Waals surface area contributed by atoms with Crippen molar-refractivity contribution >= 4 is 11.6 Å². The van der Waals surface area contributed by atoms with Crippen molar-refractivity contribution in [2.24, 2.45) is 5.73 Å². The van der Waals surface area contributed by atoms with Crippen molar-refractivity contribution in [1.82, 2.24) is 0 Å². The van der Waals surface area contributed by atoms with E-state index in [1.54, 1.807) is 25.1 Å². The Hall–Kier alpha value is -0.610.